The molecule has 27 heavy (non-hydrogen) atoms. The summed E-state index contributed by atoms with van der Waals surface area (Å²) in [6.07, 6.45) is 0.858. The minimum Gasteiger partial charge on any atom is -0.383 e. The third kappa shape index (κ3) is 3.85. The molecule has 146 valence electrons. The Morgan fingerprint density at radius 3 is 2.67 bits per heavy atom. The van der Waals surface area contributed by atoms with Gasteiger partial charge < -0.3 is 14.4 Å². The number of hydrogen-bond acceptors (Lipinski definition) is 5. The number of aryl methyl sites for hydroxylation is 1. The van der Waals surface area contributed by atoms with E-state index in [1.165, 1.54) is 4.57 Å². The molecule has 1 fully saturated rings. The van der Waals surface area contributed by atoms with Crippen LogP contribution in [0.2, 0.25) is 10.0 Å². The van der Waals surface area contributed by atoms with Crippen LogP contribution in [0.5, 0.6) is 0 Å². The number of nitrogens with zero attached hydrogens (tertiary/aromatic N) is 3. The van der Waals surface area contributed by atoms with Crippen LogP contribution in [0.15, 0.2) is 23.0 Å². The summed E-state index contributed by atoms with van der Waals surface area (Å²) in [6.45, 7) is 2.99. The number of aromatic nitrogens is 2. The van der Waals surface area contributed by atoms with Crippen LogP contribution in [0.3, 0.4) is 0 Å². The molecule has 0 radical (unpaired) electrons. The first-order chi connectivity index (χ1) is 12.9. The lowest BCUT2D eigenvalue weighted by molar-refractivity contribution is 0.111. The Kier molecular flexibility index (Phi) is 6.11. The summed E-state index contributed by atoms with van der Waals surface area (Å²) >= 11 is 12.3. The SMILES string of the molecule is COC[C@@H]1C[C@@H](OC)CN1c1c(C)nc(-c2ccc(Cl)cc2Cl)n(C)c1=O. The van der Waals surface area contributed by atoms with Gasteiger partial charge in [0.2, 0.25) is 0 Å². The van der Waals surface area contributed by atoms with E-state index in [0.29, 0.717) is 46.0 Å². The van der Waals surface area contributed by atoms with Gasteiger partial charge in [-0.15, -0.1) is 0 Å². The molecule has 3 rings (SSSR count). The zero-order valence-corrected chi connectivity index (χ0v) is 17.3. The van der Waals surface area contributed by atoms with Gasteiger partial charge in [-0.05, 0) is 31.5 Å². The maximum absolute atomic E-state index is 13.2. The third-order valence-electron chi connectivity index (χ3n) is 4.97. The van der Waals surface area contributed by atoms with Crippen LogP contribution in [0.25, 0.3) is 11.4 Å². The molecule has 0 aliphatic carbocycles. The van der Waals surface area contributed by atoms with Crippen molar-refractivity contribution < 1.29 is 9.47 Å². The average Bonchev–Trinajstić information content (AvgIpc) is 3.02. The largest absolute Gasteiger partial charge is 0.383 e. The minimum absolute atomic E-state index is 0.0552. The van der Waals surface area contributed by atoms with Crippen molar-refractivity contribution in [2.75, 3.05) is 32.3 Å². The first-order valence-corrected chi connectivity index (χ1v) is 9.44. The standard InChI is InChI=1S/C19H23Cl2N3O3/c1-11-17(24-9-14(27-4)8-13(24)10-26-3)19(25)23(2)18(22-11)15-6-5-12(20)7-16(15)21/h5-7,13-14H,8-10H2,1-4H3/t13-,14+/m0/s1. The monoisotopic (exact) mass is 411 g/mol. The maximum Gasteiger partial charge on any atom is 0.277 e. The van der Waals surface area contributed by atoms with Gasteiger partial charge in [0.15, 0.2) is 0 Å². The maximum atomic E-state index is 13.2. The van der Waals surface area contributed by atoms with Gasteiger partial charge in [-0.1, -0.05) is 23.2 Å². The Hall–Kier alpha value is -1.60. The topological polar surface area (TPSA) is 56.6 Å². The summed E-state index contributed by atoms with van der Waals surface area (Å²) in [5.41, 5.74) is 1.77. The molecule has 6 nitrogen and oxygen atoms in total. The molecule has 1 aromatic heterocycles. The van der Waals surface area contributed by atoms with Crippen LogP contribution in [0.4, 0.5) is 5.69 Å². The van der Waals surface area contributed by atoms with E-state index in [4.69, 9.17) is 37.7 Å². The molecule has 1 aliphatic rings. The van der Waals surface area contributed by atoms with Crippen LogP contribution in [-0.4, -0.2) is 49.1 Å². The van der Waals surface area contributed by atoms with Crippen LogP contribution in [0, 0.1) is 6.92 Å². The minimum atomic E-state index is -0.124. The number of halogens is 2. The second-order valence-corrected chi connectivity index (χ2v) is 7.56. The first kappa shape index (κ1) is 20.1. The number of benzene rings is 1. The van der Waals surface area contributed by atoms with Crippen molar-refractivity contribution in [1.29, 1.82) is 0 Å². The molecule has 0 spiro atoms. The van der Waals surface area contributed by atoms with Gasteiger partial charge in [0, 0.05) is 38.4 Å². The van der Waals surface area contributed by atoms with Crippen molar-refractivity contribution >= 4 is 28.9 Å². The molecular formula is C19H23Cl2N3O3. The van der Waals surface area contributed by atoms with Crippen molar-refractivity contribution in [3.05, 3.63) is 44.3 Å². The van der Waals surface area contributed by atoms with Crippen molar-refractivity contribution in [1.82, 2.24) is 9.55 Å². The Morgan fingerprint density at radius 2 is 2.04 bits per heavy atom. The van der Waals surface area contributed by atoms with Crippen LogP contribution >= 0.6 is 23.2 Å². The fourth-order valence-corrected chi connectivity index (χ4v) is 4.10. The second-order valence-electron chi connectivity index (χ2n) is 6.71. The van der Waals surface area contributed by atoms with E-state index in [-0.39, 0.29) is 17.7 Å². The molecule has 0 unspecified atom stereocenters. The van der Waals surface area contributed by atoms with Gasteiger partial charge >= 0.3 is 0 Å². The summed E-state index contributed by atoms with van der Waals surface area (Å²) in [5.74, 6) is 0.508. The highest BCUT2D eigenvalue weighted by atomic mass is 35.5. The summed E-state index contributed by atoms with van der Waals surface area (Å²) in [5, 5.41) is 0.988. The van der Waals surface area contributed by atoms with E-state index in [1.54, 1.807) is 39.5 Å². The van der Waals surface area contributed by atoms with Gasteiger partial charge in [0.25, 0.3) is 5.56 Å². The average molecular weight is 412 g/mol. The molecule has 8 heteroatoms. The first-order valence-electron chi connectivity index (χ1n) is 8.68. The van der Waals surface area contributed by atoms with E-state index in [2.05, 4.69) is 4.90 Å². The molecule has 2 atom stereocenters. The number of rotatable bonds is 5. The molecule has 1 aliphatic heterocycles. The highest BCUT2D eigenvalue weighted by Gasteiger charge is 2.35. The van der Waals surface area contributed by atoms with Crippen LogP contribution in [0.1, 0.15) is 12.1 Å². The molecule has 2 aromatic rings. The molecule has 1 saturated heterocycles. The van der Waals surface area contributed by atoms with E-state index < -0.39 is 0 Å². The lowest BCUT2D eigenvalue weighted by atomic mass is 10.2. The van der Waals surface area contributed by atoms with Gasteiger partial charge in [-0.2, -0.15) is 0 Å². The predicted molar refractivity (Wildman–Crippen MR) is 108 cm³/mol. The number of methoxy groups -OCH3 is 2. The summed E-state index contributed by atoms with van der Waals surface area (Å²) in [4.78, 5) is 20.0. The zero-order chi connectivity index (χ0) is 19.7. The number of ether oxygens (including phenoxy) is 2. The molecule has 0 saturated carbocycles. The third-order valence-corrected chi connectivity index (χ3v) is 5.52. The molecule has 1 aromatic carbocycles. The Morgan fingerprint density at radius 1 is 1.30 bits per heavy atom. The van der Waals surface area contributed by atoms with Crippen molar-refractivity contribution in [2.24, 2.45) is 7.05 Å². The van der Waals surface area contributed by atoms with Gasteiger partial charge in [0.05, 0.1) is 29.5 Å². The summed E-state index contributed by atoms with van der Waals surface area (Å²) in [6, 6.07) is 5.22. The molecule has 0 N–H and O–H groups in total. The quantitative estimate of drug-likeness (QED) is 0.755. The molecular weight excluding hydrogens is 389 g/mol. The Balaban J connectivity index is 2.09. The van der Waals surface area contributed by atoms with E-state index in [0.717, 1.165) is 6.42 Å². The summed E-state index contributed by atoms with van der Waals surface area (Å²) in [7, 11) is 5.05. The lowest BCUT2D eigenvalue weighted by Gasteiger charge is -2.27. The lowest BCUT2D eigenvalue weighted by Crippen LogP contribution is -2.39. The van der Waals surface area contributed by atoms with Crippen molar-refractivity contribution in [3.63, 3.8) is 0 Å². The van der Waals surface area contributed by atoms with E-state index in [9.17, 15) is 4.79 Å². The number of anilines is 1. The highest BCUT2D eigenvalue weighted by Crippen LogP contribution is 2.31. The molecule has 2 heterocycles. The van der Waals surface area contributed by atoms with Gasteiger partial charge in [-0.25, -0.2) is 4.98 Å². The normalized spacial score (nSPS) is 19.7. The zero-order valence-electron chi connectivity index (χ0n) is 15.8. The van der Waals surface area contributed by atoms with Crippen LogP contribution < -0.4 is 10.5 Å². The Labute approximate surface area is 168 Å². The van der Waals surface area contributed by atoms with Crippen molar-refractivity contribution in [3.8, 4) is 11.4 Å². The predicted octanol–water partition coefficient (Wildman–Crippen LogP) is 3.30. The number of hydrogen-bond donors (Lipinski definition) is 0. The van der Waals surface area contributed by atoms with Gasteiger partial charge in [0.1, 0.15) is 11.5 Å². The highest BCUT2D eigenvalue weighted by molar-refractivity contribution is 6.36. The van der Waals surface area contributed by atoms with Crippen molar-refractivity contribution in [2.45, 2.75) is 25.5 Å². The van der Waals surface area contributed by atoms with Gasteiger partial charge in [-0.3, -0.25) is 9.36 Å². The fourth-order valence-electron chi connectivity index (χ4n) is 3.61. The smallest absolute Gasteiger partial charge is 0.277 e. The van der Waals surface area contributed by atoms with Crippen LogP contribution in [-0.2, 0) is 16.5 Å². The fraction of sp³-hybridized carbons (Fsp3) is 0.474. The molecule has 0 amide bonds. The summed E-state index contributed by atoms with van der Waals surface area (Å²) < 4.78 is 12.4. The molecule has 0 bridgehead atoms. The second kappa shape index (κ2) is 8.19. The Bertz CT molecular complexity index is 900. The van der Waals surface area contributed by atoms with E-state index >= 15 is 0 Å². The van der Waals surface area contributed by atoms with E-state index in [1.807, 2.05) is 6.92 Å².